The second-order valence-corrected chi connectivity index (χ2v) is 4.65. The van der Waals surface area contributed by atoms with Crippen LogP contribution in [0.3, 0.4) is 0 Å². The monoisotopic (exact) mass is 283 g/mol. The molecule has 0 atom stereocenters. The zero-order valence-corrected chi connectivity index (χ0v) is 12.2. The van der Waals surface area contributed by atoms with Gasteiger partial charge in [0, 0.05) is 24.5 Å². The molecule has 0 aliphatic rings. The minimum absolute atomic E-state index is 0.315. The summed E-state index contributed by atoms with van der Waals surface area (Å²) in [5, 5.41) is 11.8. The van der Waals surface area contributed by atoms with Crippen LogP contribution < -0.4 is 10.2 Å². The summed E-state index contributed by atoms with van der Waals surface area (Å²) in [6, 6.07) is 14.2. The van der Waals surface area contributed by atoms with Crippen LogP contribution in [0.2, 0.25) is 0 Å². The molecule has 2 aromatic carbocycles. The number of hydrogen-bond donors (Lipinski definition) is 1. The Morgan fingerprint density at radius 1 is 1.10 bits per heavy atom. The fourth-order valence-corrected chi connectivity index (χ4v) is 2.19. The molecule has 0 bridgehead atoms. The molecule has 0 heterocycles. The molecule has 0 radical (unpaired) electrons. The predicted octanol–water partition coefficient (Wildman–Crippen LogP) is 4.29. The number of anilines is 3. The van der Waals surface area contributed by atoms with E-state index in [1.165, 1.54) is 6.07 Å². The molecular weight excluding hydrogens is 265 g/mol. The summed E-state index contributed by atoms with van der Waals surface area (Å²) >= 11 is 0. The summed E-state index contributed by atoms with van der Waals surface area (Å²) in [6.07, 6.45) is 0. The number of nitriles is 1. The van der Waals surface area contributed by atoms with Crippen LogP contribution >= 0.6 is 0 Å². The lowest BCUT2D eigenvalue weighted by atomic mass is 10.2. The summed E-state index contributed by atoms with van der Waals surface area (Å²) in [4.78, 5) is 2.24. The first kappa shape index (κ1) is 14.9. The summed E-state index contributed by atoms with van der Waals surface area (Å²) < 4.78 is 13.8. The fourth-order valence-electron chi connectivity index (χ4n) is 2.19. The number of hydrogen-bond acceptors (Lipinski definition) is 3. The number of rotatable bonds is 5. The van der Waals surface area contributed by atoms with E-state index in [1.54, 1.807) is 12.1 Å². The molecule has 4 heteroatoms. The van der Waals surface area contributed by atoms with Crippen molar-refractivity contribution in [2.75, 3.05) is 23.3 Å². The smallest absolute Gasteiger partial charge is 0.147 e. The molecule has 0 aliphatic carbocycles. The van der Waals surface area contributed by atoms with E-state index in [9.17, 15) is 4.39 Å². The van der Waals surface area contributed by atoms with E-state index < -0.39 is 5.82 Å². The third-order valence-corrected chi connectivity index (χ3v) is 3.37. The Kier molecular flexibility index (Phi) is 4.78. The second kappa shape index (κ2) is 6.76. The molecule has 1 N–H and O–H groups in total. The van der Waals surface area contributed by atoms with Crippen LogP contribution in [-0.4, -0.2) is 13.1 Å². The topological polar surface area (TPSA) is 39.1 Å². The highest BCUT2D eigenvalue weighted by molar-refractivity contribution is 5.64. The van der Waals surface area contributed by atoms with Gasteiger partial charge in [-0.25, -0.2) is 4.39 Å². The fraction of sp³-hybridized carbons (Fsp3) is 0.235. The van der Waals surface area contributed by atoms with Gasteiger partial charge in [0.25, 0.3) is 0 Å². The van der Waals surface area contributed by atoms with Crippen LogP contribution in [0.1, 0.15) is 19.4 Å². The second-order valence-electron chi connectivity index (χ2n) is 4.65. The molecule has 2 rings (SSSR count). The number of nitrogens with one attached hydrogen (secondary N) is 1. The maximum Gasteiger partial charge on any atom is 0.147 e. The maximum atomic E-state index is 13.8. The molecule has 3 nitrogen and oxygen atoms in total. The van der Waals surface area contributed by atoms with Gasteiger partial charge < -0.3 is 10.2 Å². The van der Waals surface area contributed by atoms with Crippen molar-refractivity contribution < 1.29 is 4.39 Å². The van der Waals surface area contributed by atoms with E-state index in [0.717, 1.165) is 24.5 Å². The van der Waals surface area contributed by atoms with E-state index >= 15 is 0 Å². The van der Waals surface area contributed by atoms with Gasteiger partial charge in [0.15, 0.2) is 0 Å². The molecule has 0 spiro atoms. The largest absolute Gasteiger partial charge is 0.372 e. The normalized spacial score (nSPS) is 10.0. The van der Waals surface area contributed by atoms with E-state index in [1.807, 2.05) is 30.3 Å². The quantitative estimate of drug-likeness (QED) is 0.889. The molecule has 0 amide bonds. The van der Waals surface area contributed by atoms with Crippen LogP contribution in [0.4, 0.5) is 21.5 Å². The molecule has 0 saturated carbocycles. The van der Waals surface area contributed by atoms with Gasteiger partial charge >= 0.3 is 0 Å². The van der Waals surface area contributed by atoms with Gasteiger partial charge in [0.1, 0.15) is 5.82 Å². The Labute approximate surface area is 124 Å². The summed E-state index contributed by atoms with van der Waals surface area (Å²) in [5.74, 6) is -0.429. The number of benzene rings is 2. The van der Waals surface area contributed by atoms with Crippen LogP contribution in [-0.2, 0) is 0 Å². The van der Waals surface area contributed by atoms with Crippen molar-refractivity contribution in [3.05, 3.63) is 53.8 Å². The van der Waals surface area contributed by atoms with Crippen LogP contribution in [0.25, 0.3) is 0 Å². The minimum atomic E-state index is -0.429. The first-order valence-corrected chi connectivity index (χ1v) is 6.99. The predicted molar refractivity (Wildman–Crippen MR) is 84.4 cm³/mol. The molecular formula is C17H18FN3. The first-order chi connectivity index (χ1) is 10.2. The third-order valence-electron chi connectivity index (χ3n) is 3.37. The molecule has 21 heavy (non-hydrogen) atoms. The number of nitrogens with zero attached hydrogens (tertiary/aromatic N) is 2. The average Bonchev–Trinajstić information content (AvgIpc) is 2.52. The Hall–Kier alpha value is -2.54. The van der Waals surface area contributed by atoms with E-state index in [0.29, 0.717) is 11.3 Å². The highest BCUT2D eigenvalue weighted by Crippen LogP contribution is 2.23. The van der Waals surface area contributed by atoms with Gasteiger partial charge in [-0.2, -0.15) is 5.26 Å². The molecule has 0 saturated heterocycles. The first-order valence-electron chi connectivity index (χ1n) is 6.99. The minimum Gasteiger partial charge on any atom is -0.372 e. The Morgan fingerprint density at radius 3 is 2.29 bits per heavy atom. The van der Waals surface area contributed by atoms with Crippen LogP contribution in [0, 0.1) is 17.1 Å². The maximum absolute atomic E-state index is 13.8. The van der Waals surface area contributed by atoms with Crippen molar-refractivity contribution in [2.24, 2.45) is 0 Å². The SMILES string of the molecule is CCN(CC)c1ccc(Nc2ccc(C#N)cc2F)cc1. The molecule has 2 aromatic rings. The van der Waals surface area contributed by atoms with Crippen molar-refractivity contribution in [1.29, 1.82) is 5.26 Å². The zero-order valence-electron chi connectivity index (χ0n) is 12.2. The van der Waals surface area contributed by atoms with E-state index in [-0.39, 0.29) is 0 Å². The average molecular weight is 283 g/mol. The summed E-state index contributed by atoms with van der Waals surface area (Å²) in [5.41, 5.74) is 2.64. The van der Waals surface area contributed by atoms with Gasteiger partial charge in [-0.05, 0) is 56.3 Å². The molecule has 108 valence electrons. The highest BCUT2D eigenvalue weighted by Gasteiger charge is 2.05. The van der Waals surface area contributed by atoms with Gasteiger partial charge in [-0.1, -0.05) is 0 Å². The Balaban J connectivity index is 2.15. The van der Waals surface area contributed by atoms with Gasteiger partial charge in [0.05, 0.1) is 17.3 Å². The van der Waals surface area contributed by atoms with Crippen molar-refractivity contribution in [3.63, 3.8) is 0 Å². The lowest BCUT2D eigenvalue weighted by Crippen LogP contribution is -2.21. The van der Waals surface area contributed by atoms with Gasteiger partial charge in [-0.3, -0.25) is 0 Å². The van der Waals surface area contributed by atoms with Gasteiger partial charge in [0.2, 0.25) is 0 Å². The third kappa shape index (κ3) is 3.51. The van der Waals surface area contributed by atoms with Gasteiger partial charge in [-0.15, -0.1) is 0 Å². The standard InChI is InChI=1S/C17H18FN3/c1-3-21(4-2)15-8-6-14(7-9-15)20-17-10-5-13(12-19)11-16(17)18/h5-11,20H,3-4H2,1-2H3. The summed E-state index contributed by atoms with van der Waals surface area (Å²) in [6.45, 7) is 6.13. The Morgan fingerprint density at radius 2 is 1.76 bits per heavy atom. The molecule has 0 aromatic heterocycles. The van der Waals surface area contributed by atoms with E-state index in [4.69, 9.17) is 5.26 Å². The number of halogens is 1. The molecule has 0 fully saturated rings. The van der Waals surface area contributed by atoms with Crippen LogP contribution in [0.5, 0.6) is 0 Å². The van der Waals surface area contributed by atoms with Crippen molar-refractivity contribution in [2.45, 2.75) is 13.8 Å². The van der Waals surface area contributed by atoms with Crippen molar-refractivity contribution >= 4 is 17.1 Å². The summed E-state index contributed by atoms with van der Waals surface area (Å²) in [7, 11) is 0. The molecule has 0 unspecified atom stereocenters. The molecule has 0 aliphatic heterocycles. The van der Waals surface area contributed by atoms with Crippen molar-refractivity contribution in [1.82, 2.24) is 0 Å². The van der Waals surface area contributed by atoms with Crippen molar-refractivity contribution in [3.8, 4) is 6.07 Å². The van der Waals surface area contributed by atoms with Crippen LogP contribution in [0.15, 0.2) is 42.5 Å². The Bertz CT molecular complexity index is 640. The zero-order chi connectivity index (χ0) is 15.2. The van der Waals surface area contributed by atoms with E-state index in [2.05, 4.69) is 24.1 Å². The lowest BCUT2D eigenvalue weighted by molar-refractivity contribution is 0.631. The lowest BCUT2D eigenvalue weighted by Gasteiger charge is -2.21. The highest BCUT2D eigenvalue weighted by atomic mass is 19.1.